The van der Waals surface area contributed by atoms with Gasteiger partial charge in [0.15, 0.2) is 0 Å². The molecule has 0 amide bonds. The van der Waals surface area contributed by atoms with Crippen LogP contribution in [0.5, 0.6) is 5.75 Å². The van der Waals surface area contributed by atoms with Crippen molar-refractivity contribution < 1.29 is 4.74 Å². The van der Waals surface area contributed by atoms with Gasteiger partial charge in [-0.25, -0.2) is 0 Å². The zero-order valence-electron chi connectivity index (χ0n) is 11.5. The molecule has 3 rings (SSSR count). The lowest BCUT2D eigenvalue weighted by Crippen LogP contribution is -2.05. The monoisotopic (exact) mass is 350 g/mol. The minimum atomic E-state index is -0.148. The number of fused-ring (bicyclic) bond motifs is 1. The van der Waals surface area contributed by atoms with E-state index in [1.165, 1.54) is 11.1 Å². The van der Waals surface area contributed by atoms with Crippen molar-refractivity contribution in [2.45, 2.75) is 31.7 Å². The van der Waals surface area contributed by atoms with Gasteiger partial charge < -0.3 is 4.74 Å². The summed E-state index contributed by atoms with van der Waals surface area (Å²) in [6, 6.07) is 12.5. The van der Waals surface area contributed by atoms with Crippen LogP contribution in [0.15, 0.2) is 40.9 Å². The van der Waals surface area contributed by atoms with Gasteiger partial charge in [-0.1, -0.05) is 45.8 Å². The van der Waals surface area contributed by atoms with Crippen molar-refractivity contribution in [3.8, 4) is 5.75 Å². The molecule has 0 aromatic heterocycles. The summed E-state index contributed by atoms with van der Waals surface area (Å²) in [5.41, 5.74) is 4.70. The lowest BCUT2D eigenvalue weighted by atomic mass is 9.99. The molecular weight excluding hydrogens is 336 g/mol. The number of hydrogen-bond acceptors (Lipinski definition) is 1. The van der Waals surface area contributed by atoms with Gasteiger partial charge >= 0.3 is 0 Å². The van der Waals surface area contributed by atoms with E-state index in [4.69, 9.17) is 16.3 Å². The highest BCUT2D eigenvalue weighted by atomic mass is 79.9. The largest absolute Gasteiger partial charge is 0.490 e. The quantitative estimate of drug-likeness (QED) is 0.657. The molecule has 0 saturated carbocycles. The van der Waals surface area contributed by atoms with Crippen LogP contribution in [0.1, 0.15) is 34.6 Å². The normalized spacial score (nSPS) is 18.5. The van der Waals surface area contributed by atoms with Crippen LogP contribution in [0, 0.1) is 6.92 Å². The van der Waals surface area contributed by atoms with Gasteiger partial charge in [0, 0.05) is 10.9 Å². The predicted octanol–water partition coefficient (Wildman–Crippen LogP) is 5.41. The number of alkyl halides is 1. The van der Waals surface area contributed by atoms with Gasteiger partial charge in [-0.3, -0.25) is 0 Å². The van der Waals surface area contributed by atoms with Crippen molar-refractivity contribution in [3.05, 3.63) is 63.1 Å². The van der Waals surface area contributed by atoms with Crippen molar-refractivity contribution in [3.63, 3.8) is 0 Å². The summed E-state index contributed by atoms with van der Waals surface area (Å²) in [6.45, 7) is 4.17. The Morgan fingerprint density at radius 2 is 2.05 bits per heavy atom. The first kappa shape index (κ1) is 14.0. The average Bonchev–Trinajstić information content (AvgIpc) is 2.79. The molecule has 1 aliphatic rings. The molecule has 20 heavy (non-hydrogen) atoms. The Morgan fingerprint density at radius 3 is 2.85 bits per heavy atom. The summed E-state index contributed by atoms with van der Waals surface area (Å²) in [5.74, 6) is 0.994. The van der Waals surface area contributed by atoms with E-state index in [9.17, 15) is 0 Å². The molecule has 1 nitrogen and oxygen atoms in total. The lowest BCUT2D eigenvalue weighted by Gasteiger charge is -2.14. The topological polar surface area (TPSA) is 9.23 Å². The Hall–Kier alpha value is -0.990. The minimum Gasteiger partial charge on any atom is -0.490 e. The highest BCUT2D eigenvalue weighted by Gasteiger charge is 2.21. The van der Waals surface area contributed by atoms with Gasteiger partial charge in [-0.05, 0) is 42.7 Å². The summed E-state index contributed by atoms with van der Waals surface area (Å²) in [7, 11) is 0. The van der Waals surface area contributed by atoms with Gasteiger partial charge in [-0.15, -0.1) is 11.6 Å². The summed E-state index contributed by atoms with van der Waals surface area (Å²) in [4.78, 5) is 0. The molecule has 1 aliphatic heterocycles. The summed E-state index contributed by atoms with van der Waals surface area (Å²) < 4.78 is 6.79. The molecule has 1 heterocycles. The molecule has 0 N–H and O–H groups in total. The standard InChI is InChI=1S/C17H16BrClO/c1-10-3-5-15(18)14(7-10)17(19)12-4-6-16-13(9-12)8-11(2)20-16/h3-7,9,11,17H,8H2,1-2H3. The van der Waals surface area contributed by atoms with Crippen molar-refractivity contribution in [1.82, 2.24) is 0 Å². The van der Waals surface area contributed by atoms with Crippen molar-refractivity contribution in [1.29, 1.82) is 0 Å². The van der Waals surface area contributed by atoms with E-state index < -0.39 is 0 Å². The van der Waals surface area contributed by atoms with Crippen LogP contribution in [0.25, 0.3) is 0 Å². The van der Waals surface area contributed by atoms with Crippen LogP contribution in [0.3, 0.4) is 0 Å². The fraction of sp³-hybridized carbons (Fsp3) is 0.294. The van der Waals surface area contributed by atoms with Crippen molar-refractivity contribution in [2.75, 3.05) is 0 Å². The molecule has 2 aromatic carbocycles. The lowest BCUT2D eigenvalue weighted by molar-refractivity contribution is 0.254. The average molecular weight is 352 g/mol. The Labute approximate surface area is 133 Å². The van der Waals surface area contributed by atoms with Gasteiger partial charge in [-0.2, -0.15) is 0 Å². The Kier molecular flexibility index (Phi) is 3.78. The first-order valence-corrected chi connectivity index (χ1v) is 7.97. The third-order valence-corrected chi connectivity index (χ3v) is 4.85. The van der Waals surface area contributed by atoms with Gasteiger partial charge in [0.25, 0.3) is 0 Å². The van der Waals surface area contributed by atoms with E-state index in [1.54, 1.807) is 0 Å². The van der Waals surface area contributed by atoms with E-state index >= 15 is 0 Å². The summed E-state index contributed by atoms with van der Waals surface area (Å²) in [5, 5.41) is -0.148. The zero-order valence-corrected chi connectivity index (χ0v) is 13.8. The fourth-order valence-corrected chi connectivity index (χ4v) is 3.56. The smallest absolute Gasteiger partial charge is 0.123 e. The van der Waals surface area contributed by atoms with Crippen LogP contribution in [0.4, 0.5) is 0 Å². The maximum Gasteiger partial charge on any atom is 0.123 e. The highest BCUT2D eigenvalue weighted by molar-refractivity contribution is 9.10. The van der Waals surface area contributed by atoms with E-state index in [-0.39, 0.29) is 11.5 Å². The number of halogens is 2. The van der Waals surface area contributed by atoms with Gasteiger partial charge in [0.05, 0.1) is 5.38 Å². The Balaban J connectivity index is 1.97. The minimum absolute atomic E-state index is 0.148. The fourth-order valence-electron chi connectivity index (χ4n) is 2.64. The maximum absolute atomic E-state index is 6.68. The van der Waals surface area contributed by atoms with E-state index in [1.807, 2.05) is 6.07 Å². The number of aryl methyl sites for hydroxylation is 1. The predicted molar refractivity (Wildman–Crippen MR) is 86.8 cm³/mol. The molecule has 2 unspecified atom stereocenters. The van der Waals surface area contributed by atoms with Crippen molar-refractivity contribution >= 4 is 27.5 Å². The molecule has 0 fully saturated rings. The summed E-state index contributed by atoms with van der Waals surface area (Å²) >= 11 is 10.3. The van der Waals surface area contributed by atoms with Crippen LogP contribution < -0.4 is 4.74 Å². The molecule has 0 radical (unpaired) electrons. The second-order valence-corrected chi connectivity index (χ2v) is 6.68. The Morgan fingerprint density at radius 1 is 1.25 bits per heavy atom. The molecule has 0 aliphatic carbocycles. The van der Waals surface area contributed by atoms with Gasteiger partial charge in [0.1, 0.15) is 11.9 Å². The second kappa shape index (κ2) is 5.42. The van der Waals surface area contributed by atoms with E-state index in [2.05, 4.69) is 60.1 Å². The number of ether oxygens (including phenoxy) is 1. The molecule has 3 heteroatoms. The van der Waals surface area contributed by atoms with Crippen LogP contribution in [0.2, 0.25) is 0 Å². The van der Waals surface area contributed by atoms with Crippen LogP contribution in [-0.4, -0.2) is 6.10 Å². The number of rotatable bonds is 2. The number of hydrogen-bond donors (Lipinski definition) is 0. The first-order valence-electron chi connectivity index (χ1n) is 6.74. The molecule has 104 valence electrons. The second-order valence-electron chi connectivity index (χ2n) is 5.39. The molecule has 0 bridgehead atoms. The number of benzene rings is 2. The van der Waals surface area contributed by atoms with Gasteiger partial charge in [0.2, 0.25) is 0 Å². The molecule has 2 atom stereocenters. The molecule has 0 saturated heterocycles. The maximum atomic E-state index is 6.68. The van der Waals surface area contributed by atoms with E-state index in [0.29, 0.717) is 0 Å². The Bertz CT molecular complexity index is 653. The third-order valence-electron chi connectivity index (χ3n) is 3.64. The zero-order chi connectivity index (χ0) is 14.3. The summed E-state index contributed by atoms with van der Waals surface area (Å²) in [6.07, 6.45) is 1.22. The molecule has 2 aromatic rings. The highest BCUT2D eigenvalue weighted by Crippen LogP contribution is 2.38. The van der Waals surface area contributed by atoms with Crippen molar-refractivity contribution in [2.24, 2.45) is 0 Å². The SMILES string of the molecule is Cc1ccc(Br)c(C(Cl)c2ccc3c(c2)CC(C)O3)c1. The van der Waals surface area contributed by atoms with Crippen LogP contribution >= 0.6 is 27.5 Å². The third kappa shape index (κ3) is 2.59. The molecular formula is C17H16BrClO. The van der Waals surface area contributed by atoms with Crippen LogP contribution in [-0.2, 0) is 6.42 Å². The molecule has 0 spiro atoms. The first-order chi connectivity index (χ1) is 9.54. The van der Waals surface area contributed by atoms with E-state index in [0.717, 1.165) is 27.8 Å².